The lowest BCUT2D eigenvalue weighted by Crippen LogP contribution is -2.02. The number of methoxy groups -OCH3 is 1. The molecule has 0 N–H and O–H groups in total. The van der Waals surface area contributed by atoms with E-state index in [1.807, 2.05) is 53.0 Å². The normalized spacial score (nSPS) is 10.8. The van der Waals surface area contributed by atoms with Gasteiger partial charge in [0.15, 0.2) is 0 Å². The van der Waals surface area contributed by atoms with Gasteiger partial charge in [-0.05, 0) is 18.2 Å². The Morgan fingerprint density at radius 1 is 0.962 bits per heavy atom. The number of benzene rings is 1. The zero-order valence-electron chi connectivity index (χ0n) is 14.7. The average Bonchev–Trinajstić information content (AvgIpc) is 3.31. The van der Waals surface area contributed by atoms with Crippen LogP contribution in [-0.4, -0.2) is 31.4 Å². The van der Waals surface area contributed by atoms with Crippen molar-refractivity contribution >= 4 is 0 Å². The van der Waals surface area contributed by atoms with Gasteiger partial charge >= 0.3 is 0 Å². The van der Waals surface area contributed by atoms with E-state index >= 15 is 0 Å². The van der Waals surface area contributed by atoms with Gasteiger partial charge in [0, 0.05) is 49.0 Å². The fourth-order valence-corrected chi connectivity index (χ4v) is 2.90. The number of aryl methyl sites for hydroxylation is 1. The maximum Gasteiger partial charge on any atom is 0.139 e. The molecule has 1 aromatic carbocycles. The molecule has 0 unspecified atom stereocenters. The smallest absolute Gasteiger partial charge is 0.139 e. The van der Waals surface area contributed by atoms with Crippen molar-refractivity contribution in [2.75, 3.05) is 7.11 Å². The quantitative estimate of drug-likeness (QED) is 0.556. The predicted octanol–water partition coefficient (Wildman–Crippen LogP) is 3.40. The van der Waals surface area contributed by atoms with E-state index in [0.29, 0.717) is 6.54 Å². The SMILES string of the molecule is COc1ccnc(Cn2ccc(-c3cccc(-c4nccn4C)c3)n2)c1. The monoisotopic (exact) mass is 345 g/mol. The molecule has 0 aliphatic heterocycles. The molecule has 0 amide bonds. The predicted molar refractivity (Wildman–Crippen MR) is 99.8 cm³/mol. The Balaban J connectivity index is 1.59. The van der Waals surface area contributed by atoms with Crippen LogP contribution in [-0.2, 0) is 13.6 Å². The zero-order valence-corrected chi connectivity index (χ0v) is 14.7. The summed E-state index contributed by atoms with van der Waals surface area (Å²) in [5.74, 6) is 1.73. The maximum absolute atomic E-state index is 5.25. The van der Waals surface area contributed by atoms with Crippen LogP contribution in [0.3, 0.4) is 0 Å². The molecule has 0 atom stereocenters. The summed E-state index contributed by atoms with van der Waals surface area (Å²) in [6.07, 6.45) is 7.45. The van der Waals surface area contributed by atoms with Crippen LogP contribution in [0.2, 0.25) is 0 Å². The van der Waals surface area contributed by atoms with Crippen molar-refractivity contribution in [3.8, 4) is 28.4 Å². The molecule has 0 fully saturated rings. The third-order valence-corrected chi connectivity index (χ3v) is 4.23. The van der Waals surface area contributed by atoms with Crippen LogP contribution in [0.15, 0.2) is 67.3 Å². The number of pyridine rings is 1. The first-order chi connectivity index (χ1) is 12.7. The van der Waals surface area contributed by atoms with Gasteiger partial charge in [-0.25, -0.2) is 4.98 Å². The highest BCUT2D eigenvalue weighted by molar-refractivity contribution is 5.67. The van der Waals surface area contributed by atoms with Crippen molar-refractivity contribution in [2.24, 2.45) is 7.05 Å². The van der Waals surface area contributed by atoms with Crippen molar-refractivity contribution in [3.63, 3.8) is 0 Å². The number of imidazole rings is 1. The molecule has 0 aliphatic rings. The summed E-state index contributed by atoms with van der Waals surface area (Å²) < 4.78 is 9.13. The van der Waals surface area contributed by atoms with Crippen molar-refractivity contribution in [1.29, 1.82) is 0 Å². The highest BCUT2D eigenvalue weighted by atomic mass is 16.5. The lowest BCUT2D eigenvalue weighted by Gasteiger charge is -2.05. The van der Waals surface area contributed by atoms with Crippen LogP contribution >= 0.6 is 0 Å². The lowest BCUT2D eigenvalue weighted by molar-refractivity contribution is 0.413. The minimum Gasteiger partial charge on any atom is -0.497 e. The van der Waals surface area contributed by atoms with E-state index in [9.17, 15) is 0 Å². The standard InChI is InChI=1S/C20H19N5O/c1-24-11-9-22-20(24)16-5-3-4-15(12-16)19-7-10-25(23-19)14-17-13-18(26-2)6-8-21-17/h3-13H,14H2,1-2H3. The zero-order chi connectivity index (χ0) is 17.9. The van der Waals surface area contributed by atoms with E-state index in [4.69, 9.17) is 4.74 Å². The molecular weight excluding hydrogens is 326 g/mol. The largest absolute Gasteiger partial charge is 0.497 e. The average molecular weight is 345 g/mol. The molecule has 6 heteroatoms. The van der Waals surface area contributed by atoms with Gasteiger partial charge < -0.3 is 9.30 Å². The van der Waals surface area contributed by atoms with Gasteiger partial charge in [-0.2, -0.15) is 5.10 Å². The molecule has 6 nitrogen and oxygen atoms in total. The third kappa shape index (κ3) is 3.21. The highest BCUT2D eigenvalue weighted by Gasteiger charge is 2.08. The van der Waals surface area contributed by atoms with E-state index in [2.05, 4.69) is 33.3 Å². The van der Waals surface area contributed by atoms with Crippen molar-refractivity contribution in [3.05, 3.63) is 72.9 Å². The lowest BCUT2D eigenvalue weighted by atomic mass is 10.1. The highest BCUT2D eigenvalue weighted by Crippen LogP contribution is 2.24. The molecule has 26 heavy (non-hydrogen) atoms. The summed E-state index contributed by atoms with van der Waals surface area (Å²) in [7, 11) is 3.64. The minimum absolute atomic E-state index is 0.594. The summed E-state index contributed by atoms with van der Waals surface area (Å²) in [5, 5.41) is 4.68. The first-order valence-corrected chi connectivity index (χ1v) is 8.33. The van der Waals surface area contributed by atoms with Crippen LogP contribution in [0.1, 0.15) is 5.69 Å². The Hall–Kier alpha value is -3.41. The van der Waals surface area contributed by atoms with Gasteiger partial charge in [0.1, 0.15) is 11.6 Å². The molecule has 4 aromatic rings. The topological polar surface area (TPSA) is 57.8 Å². The van der Waals surface area contributed by atoms with Crippen LogP contribution < -0.4 is 4.74 Å². The second kappa shape index (κ2) is 6.84. The fraction of sp³-hybridized carbons (Fsp3) is 0.150. The van der Waals surface area contributed by atoms with Gasteiger partial charge in [-0.1, -0.05) is 18.2 Å². The van der Waals surface area contributed by atoms with E-state index in [1.165, 1.54) is 0 Å². The minimum atomic E-state index is 0.594. The Morgan fingerprint density at radius 2 is 1.85 bits per heavy atom. The molecule has 0 aliphatic carbocycles. The van der Waals surface area contributed by atoms with E-state index in [1.54, 1.807) is 19.5 Å². The van der Waals surface area contributed by atoms with Gasteiger partial charge in [0.25, 0.3) is 0 Å². The number of aromatic nitrogens is 5. The molecule has 0 saturated carbocycles. The third-order valence-electron chi connectivity index (χ3n) is 4.23. The number of ether oxygens (including phenoxy) is 1. The Labute approximate surface area is 151 Å². The second-order valence-electron chi connectivity index (χ2n) is 6.03. The van der Waals surface area contributed by atoms with Crippen LogP contribution in [0.25, 0.3) is 22.6 Å². The van der Waals surface area contributed by atoms with E-state index in [0.717, 1.165) is 34.1 Å². The number of nitrogens with zero attached hydrogens (tertiary/aromatic N) is 5. The number of rotatable bonds is 5. The molecule has 0 bridgehead atoms. The molecule has 4 rings (SSSR count). The molecule has 0 radical (unpaired) electrons. The maximum atomic E-state index is 5.25. The number of hydrogen-bond donors (Lipinski definition) is 0. The van der Waals surface area contributed by atoms with Crippen molar-refractivity contribution in [1.82, 2.24) is 24.3 Å². The summed E-state index contributed by atoms with van der Waals surface area (Å²) in [6, 6.07) is 14.0. The Kier molecular flexibility index (Phi) is 4.23. The van der Waals surface area contributed by atoms with Crippen molar-refractivity contribution < 1.29 is 4.74 Å². The van der Waals surface area contributed by atoms with Gasteiger partial charge in [0.05, 0.1) is 25.0 Å². The molecule has 3 heterocycles. The molecule has 3 aromatic heterocycles. The van der Waals surface area contributed by atoms with Crippen molar-refractivity contribution in [2.45, 2.75) is 6.54 Å². The van der Waals surface area contributed by atoms with Gasteiger partial charge in [-0.3, -0.25) is 9.67 Å². The van der Waals surface area contributed by atoms with Crippen LogP contribution in [0.4, 0.5) is 0 Å². The first-order valence-electron chi connectivity index (χ1n) is 8.33. The van der Waals surface area contributed by atoms with Crippen LogP contribution in [0.5, 0.6) is 5.75 Å². The summed E-state index contributed by atoms with van der Waals surface area (Å²) in [5.41, 5.74) is 3.95. The van der Waals surface area contributed by atoms with E-state index < -0.39 is 0 Å². The molecule has 130 valence electrons. The summed E-state index contributed by atoms with van der Waals surface area (Å²) in [4.78, 5) is 8.79. The second-order valence-corrected chi connectivity index (χ2v) is 6.03. The van der Waals surface area contributed by atoms with Gasteiger partial charge in [0.2, 0.25) is 0 Å². The Morgan fingerprint density at radius 3 is 2.65 bits per heavy atom. The number of hydrogen-bond acceptors (Lipinski definition) is 4. The molecular formula is C20H19N5O. The Bertz CT molecular complexity index is 1030. The molecule has 0 saturated heterocycles. The summed E-state index contributed by atoms with van der Waals surface area (Å²) >= 11 is 0. The summed E-state index contributed by atoms with van der Waals surface area (Å²) in [6.45, 7) is 0.594. The van der Waals surface area contributed by atoms with Gasteiger partial charge in [-0.15, -0.1) is 0 Å². The van der Waals surface area contributed by atoms with Crippen LogP contribution in [0, 0.1) is 0 Å². The van der Waals surface area contributed by atoms with E-state index in [-0.39, 0.29) is 0 Å². The first kappa shape index (κ1) is 16.1. The fourth-order valence-electron chi connectivity index (χ4n) is 2.90. The molecule has 0 spiro atoms.